The van der Waals surface area contributed by atoms with Gasteiger partial charge in [0.25, 0.3) is 0 Å². The van der Waals surface area contributed by atoms with Crippen molar-refractivity contribution in [1.82, 2.24) is 5.32 Å². The van der Waals surface area contributed by atoms with Gasteiger partial charge in [0.05, 0.1) is 10.2 Å². The highest BCUT2D eigenvalue weighted by Crippen LogP contribution is 2.44. The molecule has 0 saturated carbocycles. The molecule has 0 aliphatic heterocycles. The molecule has 3 aromatic rings. The van der Waals surface area contributed by atoms with Crippen LogP contribution >= 0.6 is 22.6 Å². The van der Waals surface area contributed by atoms with Crippen molar-refractivity contribution in [1.29, 1.82) is 0 Å². The Labute approximate surface area is 229 Å². The van der Waals surface area contributed by atoms with Gasteiger partial charge in [-0.2, -0.15) is 0 Å². The maximum atomic E-state index is 12.8. The fourth-order valence-electron chi connectivity index (χ4n) is 4.65. The number of rotatable bonds is 11. The molecule has 1 aliphatic rings. The Kier molecular flexibility index (Phi) is 9.01. The van der Waals surface area contributed by atoms with E-state index >= 15 is 0 Å². The van der Waals surface area contributed by atoms with Crippen molar-refractivity contribution >= 4 is 34.7 Å². The van der Waals surface area contributed by atoms with Gasteiger partial charge in [0.2, 0.25) is 0 Å². The van der Waals surface area contributed by atoms with Crippen LogP contribution in [0.5, 0.6) is 5.75 Å². The van der Waals surface area contributed by atoms with Gasteiger partial charge >= 0.3 is 12.1 Å². The Morgan fingerprint density at radius 1 is 0.973 bits per heavy atom. The highest BCUT2D eigenvalue weighted by Gasteiger charge is 2.33. The summed E-state index contributed by atoms with van der Waals surface area (Å²) in [5.41, 5.74) is 5.07. The summed E-state index contributed by atoms with van der Waals surface area (Å²) in [6, 6.07) is 20.1. The van der Waals surface area contributed by atoms with Crippen LogP contribution in [-0.4, -0.2) is 57.4 Å². The van der Waals surface area contributed by atoms with Crippen LogP contribution < -0.4 is 10.1 Å². The lowest BCUT2D eigenvalue weighted by atomic mass is 9.92. The summed E-state index contributed by atoms with van der Waals surface area (Å²) in [7, 11) is 3.02. The van der Waals surface area contributed by atoms with E-state index in [2.05, 4.69) is 40.0 Å². The number of carboxylic acids is 1. The van der Waals surface area contributed by atoms with Gasteiger partial charge in [-0.25, -0.2) is 9.59 Å². The number of carbonyl (C=O) groups excluding carboxylic acids is 1. The number of aliphatic carboxylic acids is 1. The maximum absolute atomic E-state index is 12.8. The highest BCUT2D eigenvalue weighted by molar-refractivity contribution is 14.1. The summed E-state index contributed by atoms with van der Waals surface area (Å²) in [6.45, 7) is 0.261. The molecule has 9 heteroatoms. The summed E-state index contributed by atoms with van der Waals surface area (Å²) in [5, 5.41) is 12.5. The smallest absolute Gasteiger partial charge is 0.407 e. The number of alkyl carbamates (subject to hydrolysis) is 1. The predicted molar refractivity (Wildman–Crippen MR) is 146 cm³/mol. The molecule has 0 aromatic heterocycles. The van der Waals surface area contributed by atoms with Crippen molar-refractivity contribution in [3.05, 3.63) is 87.0 Å². The van der Waals surface area contributed by atoms with Crippen LogP contribution in [0, 0.1) is 3.57 Å². The van der Waals surface area contributed by atoms with Gasteiger partial charge in [-0.3, -0.25) is 0 Å². The molecule has 0 spiro atoms. The second-order valence-corrected chi connectivity index (χ2v) is 9.75. The van der Waals surface area contributed by atoms with Crippen LogP contribution in [-0.2, 0) is 19.0 Å². The summed E-state index contributed by atoms with van der Waals surface area (Å²) in [4.78, 5) is 25.1. The number of hydrogen-bond acceptors (Lipinski definition) is 6. The summed E-state index contributed by atoms with van der Waals surface area (Å²) < 4.78 is 22.1. The maximum Gasteiger partial charge on any atom is 0.407 e. The van der Waals surface area contributed by atoms with E-state index < -0.39 is 24.0 Å². The van der Waals surface area contributed by atoms with Gasteiger partial charge in [-0.15, -0.1) is 0 Å². The minimum absolute atomic E-state index is 0.0784. The van der Waals surface area contributed by atoms with Crippen LogP contribution in [0.2, 0.25) is 0 Å². The lowest BCUT2D eigenvalue weighted by Crippen LogP contribution is -2.46. The molecule has 0 heterocycles. The molecule has 0 fully saturated rings. The Hall–Kier alpha value is -3.15. The molecule has 0 radical (unpaired) electrons. The normalized spacial score (nSPS) is 13.8. The van der Waals surface area contributed by atoms with Crippen LogP contribution in [0.1, 0.15) is 28.5 Å². The Bertz CT molecular complexity index is 1220. The number of carbonyl (C=O) groups is 2. The van der Waals surface area contributed by atoms with E-state index in [0.717, 1.165) is 25.8 Å². The monoisotopic (exact) mass is 617 g/mol. The SMILES string of the molecule is COCOc1ccc(C(COC)C(NC(=O)OCC2c3ccccc3-c3ccccc32)C(=O)O)cc1I. The van der Waals surface area contributed by atoms with E-state index in [1.165, 1.54) is 14.2 Å². The average Bonchev–Trinajstić information content (AvgIpc) is 3.22. The van der Waals surface area contributed by atoms with Crippen LogP contribution in [0.4, 0.5) is 4.79 Å². The molecule has 1 aliphatic carbocycles. The van der Waals surface area contributed by atoms with Crippen molar-refractivity contribution in [2.75, 3.05) is 34.2 Å². The van der Waals surface area contributed by atoms with Crippen LogP contribution in [0.15, 0.2) is 66.7 Å². The fourth-order valence-corrected chi connectivity index (χ4v) is 5.35. The number of carboxylic acid groups (broad SMARTS) is 1. The molecule has 2 unspecified atom stereocenters. The molecule has 0 bridgehead atoms. The Balaban J connectivity index is 1.48. The highest BCUT2D eigenvalue weighted by atomic mass is 127. The first kappa shape index (κ1) is 26.9. The first-order valence-electron chi connectivity index (χ1n) is 11.7. The van der Waals surface area contributed by atoms with Gasteiger partial charge in [0, 0.05) is 26.1 Å². The lowest BCUT2D eigenvalue weighted by molar-refractivity contribution is -0.140. The third-order valence-corrected chi connectivity index (χ3v) is 7.19. The Morgan fingerprint density at radius 2 is 1.62 bits per heavy atom. The molecule has 3 aromatic carbocycles. The number of hydrogen-bond donors (Lipinski definition) is 2. The molecule has 4 rings (SSSR count). The first-order valence-corrected chi connectivity index (χ1v) is 12.8. The number of amides is 1. The van der Waals surface area contributed by atoms with Gasteiger partial charge in [-0.1, -0.05) is 54.6 Å². The number of halogens is 1. The van der Waals surface area contributed by atoms with Crippen molar-refractivity contribution in [3.63, 3.8) is 0 Å². The minimum atomic E-state index is -1.27. The van der Waals surface area contributed by atoms with Gasteiger partial charge in [0.1, 0.15) is 18.4 Å². The lowest BCUT2D eigenvalue weighted by Gasteiger charge is -2.25. The van der Waals surface area contributed by atoms with E-state index in [4.69, 9.17) is 18.9 Å². The average molecular weight is 617 g/mol. The third kappa shape index (κ3) is 6.06. The molecule has 8 nitrogen and oxygen atoms in total. The summed E-state index contributed by atoms with van der Waals surface area (Å²) in [6.07, 6.45) is -0.801. The van der Waals surface area contributed by atoms with E-state index in [1.54, 1.807) is 12.1 Å². The molecule has 194 valence electrons. The second-order valence-electron chi connectivity index (χ2n) is 8.59. The van der Waals surface area contributed by atoms with Gasteiger partial charge in [0.15, 0.2) is 6.79 Å². The predicted octanol–water partition coefficient (Wildman–Crippen LogP) is 5.00. The van der Waals surface area contributed by atoms with Crippen LogP contribution in [0.25, 0.3) is 11.1 Å². The molecule has 1 amide bonds. The van der Waals surface area contributed by atoms with E-state index in [9.17, 15) is 14.7 Å². The number of ether oxygens (including phenoxy) is 4. The number of fused-ring (bicyclic) bond motifs is 3. The second kappa shape index (κ2) is 12.4. The zero-order valence-corrected chi connectivity index (χ0v) is 22.6. The molecule has 2 N–H and O–H groups in total. The van der Waals surface area contributed by atoms with Crippen LogP contribution in [0.3, 0.4) is 0 Å². The van der Waals surface area contributed by atoms with Crippen molar-refractivity contribution in [3.8, 4) is 16.9 Å². The topological polar surface area (TPSA) is 103 Å². The Morgan fingerprint density at radius 3 is 2.19 bits per heavy atom. The summed E-state index contributed by atoms with van der Waals surface area (Å²) >= 11 is 2.11. The molecular formula is C28H28INO7. The quantitative estimate of drug-likeness (QED) is 0.231. The van der Waals surface area contributed by atoms with E-state index in [0.29, 0.717) is 11.3 Å². The molecule has 0 saturated heterocycles. The number of nitrogens with one attached hydrogen (secondary N) is 1. The van der Waals surface area contributed by atoms with E-state index in [1.807, 2.05) is 42.5 Å². The fraction of sp³-hybridized carbons (Fsp3) is 0.286. The zero-order valence-electron chi connectivity index (χ0n) is 20.5. The largest absolute Gasteiger partial charge is 0.480 e. The van der Waals surface area contributed by atoms with Gasteiger partial charge < -0.3 is 29.4 Å². The van der Waals surface area contributed by atoms with E-state index in [-0.39, 0.29) is 25.9 Å². The zero-order chi connectivity index (χ0) is 26.4. The number of methoxy groups -OCH3 is 2. The first-order chi connectivity index (χ1) is 17.9. The molecule has 2 atom stereocenters. The minimum Gasteiger partial charge on any atom is -0.480 e. The van der Waals surface area contributed by atoms with Crippen molar-refractivity contribution in [2.45, 2.75) is 17.9 Å². The van der Waals surface area contributed by atoms with Crippen molar-refractivity contribution in [2.24, 2.45) is 0 Å². The molecule has 37 heavy (non-hydrogen) atoms. The standard InChI is InChI=1S/C28H28INO7/c1-34-14-22(17-11-12-25(24(29)13-17)37-16-35-2)26(27(31)32)30-28(33)36-15-23-20-9-5-3-7-18(20)19-8-4-6-10-21(19)23/h3-13,22-23,26H,14-16H2,1-2H3,(H,30,33)(H,31,32). The summed E-state index contributed by atoms with van der Waals surface area (Å²) in [5.74, 6) is -1.37. The number of benzene rings is 3. The molecular weight excluding hydrogens is 589 g/mol. The third-order valence-electron chi connectivity index (χ3n) is 6.35. The van der Waals surface area contributed by atoms with Crippen molar-refractivity contribution < 1.29 is 33.6 Å². The van der Waals surface area contributed by atoms with Gasteiger partial charge in [-0.05, 0) is 62.5 Å².